The third-order valence-electron chi connectivity index (χ3n) is 2.29. The van der Waals surface area contributed by atoms with Crippen LogP contribution < -0.4 is 5.43 Å². The Balaban J connectivity index is 2.12. The number of hydrazone groups is 1. The molecule has 0 amide bonds. The van der Waals surface area contributed by atoms with Crippen molar-refractivity contribution in [2.45, 2.75) is 0 Å². The van der Waals surface area contributed by atoms with Gasteiger partial charge in [-0.1, -0.05) is 34.8 Å². The summed E-state index contributed by atoms with van der Waals surface area (Å²) in [5, 5.41) is 14.4. The van der Waals surface area contributed by atoms with E-state index in [0.717, 1.165) is 5.56 Å². The van der Waals surface area contributed by atoms with E-state index < -0.39 is 0 Å². The molecule has 0 radical (unpaired) electrons. The number of benzene rings is 2. The summed E-state index contributed by atoms with van der Waals surface area (Å²) in [5.41, 5.74) is 4.07. The van der Waals surface area contributed by atoms with Gasteiger partial charge in [0.2, 0.25) is 0 Å². The minimum atomic E-state index is 0.203. The van der Waals surface area contributed by atoms with Gasteiger partial charge in [-0.3, -0.25) is 5.43 Å². The molecule has 0 unspecified atom stereocenters. The Bertz CT molecular complexity index is 589. The molecule has 0 bridgehead atoms. The van der Waals surface area contributed by atoms with E-state index in [1.165, 1.54) is 0 Å². The van der Waals surface area contributed by atoms with E-state index in [-0.39, 0.29) is 5.75 Å². The van der Waals surface area contributed by atoms with Gasteiger partial charge in [0.15, 0.2) is 0 Å². The Hall–Kier alpha value is -1.42. The van der Waals surface area contributed by atoms with Gasteiger partial charge in [0, 0.05) is 5.02 Å². The highest BCUT2D eigenvalue weighted by Crippen LogP contribution is 2.33. The molecule has 0 saturated heterocycles. The monoisotopic (exact) mass is 314 g/mol. The zero-order chi connectivity index (χ0) is 13.8. The van der Waals surface area contributed by atoms with Crippen LogP contribution in [0.3, 0.4) is 0 Å². The third kappa shape index (κ3) is 3.77. The van der Waals surface area contributed by atoms with E-state index >= 15 is 0 Å². The molecule has 2 rings (SSSR count). The molecule has 0 fully saturated rings. The molecule has 0 aromatic heterocycles. The molecule has 0 aliphatic rings. The van der Waals surface area contributed by atoms with Crippen LogP contribution >= 0.6 is 34.8 Å². The number of halogens is 3. The summed E-state index contributed by atoms with van der Waals surface area (Å²) in [5.74, 6) is 0.203. The van der Waals surface area contributed by atoms with Crippen molar-refractivity contribution in [3.63, 3.8) is 0 Å². The zero-order valence-corrected chi connectivity index (χ0v) is 11.8. The second-order valence-corrected chi connectivity index (χ2v) is 4.96. The van der Waals surface area contributed by atoms with E-state index in [1.54, 1.807) is 42.6 Å². The average Bonchev–Trinajstić information content (AvgIpc) is 2.34. The Morgan fingerprint density at radius 3 is 2.16 bits per heavy atom. The van der Waals surface area contributed by atoms with Crippen molar-refractivity contribution in [2.24, 2.45) is 5.10 Å². The van der Waals surface area contributed by atoms with Crippen LogP contribution in [0, 0.1) is 0 Å². The number of hydrogen-bond acceptors (Lipinski definition) is 3. The fourth-order valence-corrected chi connectivity index (χ4v) is 2.28. The van der Waals surface area contributed by atoms with Crippen molar-refractivity contribution in [2.75, 3.05) is 5.43 Å². The highest BCUT2D eigenvalue weighted by atomic mass is 35.5. The highest BCUT2D eigenvalue weighted by molar-refractivity contribution is 6.41. The SMILES string of the molecule is Oc1ccc(C=NNc2c(Cl)cc(Cl)cc2Cl)cc1. The summed E-state index contributed by atoms with van der Waals surface area (Å²) in [6.45, 7) is 0. The largest absolute Gasteiger partial charge is 0.508 e. The maximum Gasteiger partial charge on any atom is 0.115 e. The van der Waals surface area contributed by atoms with Crippen LogP contribution in [0.5, 0.6) is 5.75 Å². The maximum absolute atomic E-state index is 9.15. The standard InChI is InChI=1S/C13H9Cl3N2O/c14-9-5-11(15)13(12(16)6-9)18-17-7-8-1-3-10(19)4-2-8/h1-7,18-19H. The normalized spacial score (nSPS) is 10.9. The van der Waals surface area contributed by atoms with Crippen molar-refractivity contribution in [1.29, 1.82) is 0 Å². The molecule has 0 aliphatic carbocycles. The topological polar surface area (TPSA) is 44.6 Å². The number of rotatable bonds is 3. The number of nitrogens with one attached hydrogen (secondary N) is 1. The number of phenolic OH excluding ortho intramolecular Hbond substituents is 1. The van der Waals surface area contributed by atoms with E-state index in [0.29, 0.717) is 20.8 Å². The molecule has 2 aromatic carbocycles. The molecule has 0 atom stereocenters. The second kappa shape index (κ2) is 6.15. The first-order chi connectivity index (χ1) is 9.06. The number of phenols is 1. The van der Waals surface area contributed by atoms with Gasteiger partial charge in [-0.15, -0.1) is 0 Å². The highest BCUT2D eigenvalue weighted by Gasteiger charge is 2.06. The first-order valence-corrected chi connectivity index (χ1v) is 6.42. The molecule has 98 valence electrons. The molecule has 0 heterocycles. The lowest BCUT2D eigenvalue weighted by Gasteiger charge is -2.06. The van der Waals surface area contributed by atoms with Crippen LogP contribution in [-0.2, 0) is 0 Å². The number of anilines is 1. The fourth-order valence-electron chi connectivity index (χ4n) is 1.38. The summed E-state index contributed by atoms with van der Waals surface area (Å²) in [6, 6.07) is 9.76. The van der Waals surface area contributed by atoms with E-state index in [2.05, 4.69) is 10.5 Å². The van der Waals surface area contributed by atoms with E-state index in [4.69, 9.17) is 39.9 Å². The molecule has 3 nitrogen and oxygen atoms in total. The van der Waals surface area contributed by atoms with Crippen molar-refractivity contribution in [3.05, 3.63) is 57.0 Å². The summed E-state index contributed by atoms with van der Waals surface area (Å²) in [4.78, 5) is 0. The minimum Gasteiger partial charge on any atom is -0.508 e. The smallest absolute Gasteiger partial charge is 0.115 e. The van der Waals surface area contributed by atoms with Crippen LogP contribution in [0.25, 0.3) is 0 Å². The Labute approximate surface area is 125 Å². The van der Waals surface area contributed by atoms with Gasteiger partial charge in [-0.25, -0.2) is 0 Å². The predicted molar refractivity (Wildman–Crippen MR) is 80.8 cm³/mol. The summed E-state index contributed by atoms with van der Waals surface area (Å²) >= 11 is 17.8. The Morgan fingerprint density at radius 1 is 1.00 bits per heavy atom. The molecule has 0 saturated carbocycles. The quantitative estimate of drug-likeness (QED) is 0.631. The van der Waals surface area contributed by atoms with Crippen molar-refractivity contribution >= 4 is 46.7 Å². The average molecular weight is 316 g/mol. The Kier molecular flexibility index (Phi) is 4.53. The molecule has 0 aliphatic heterocycles. The fraction of sp³-hybridized carbons (Fsp3) is 0. The number of hydrogen-bond donors (Lipinski definition) is 2. The molecule has 19 heavy (non-hydrogen) atoms. The lowest BCUT2D eigenvalue weighted by atomic mass is 10.2. The first-order valence-electron chi connectivity index (χ1n) is 5.29. The van der Waals surface area contributed by atoms with Gasteiger partial charge in [0.25, 0.3) is 0 Å². The molecule has 6 heteroatoms. The van der Waals surface area contributed by atoms with Gasteiger partial charge in [-0.2, -0.15) is 5.10 Å². The summed E-state index contributed by atoms with van der Waals surface area (Å²) in [6.07, 6.45) is 1.58. The van der Waals surface area contributed by atoms with Crippen molar-refractivity contribution < 1.29 is 5.11 Å². The number of aromatic hydroxyl groups is 1. The van der Waals surface area contributed by atoms with Crippen LogP contribution in [0.15, 0.2) is 41.5 Å². The van der Waals surface area contributed by atoms with Crippen LogP contribution in [0.2, 0.25) is 15.1 Å². The maximum atomic E-state index is 9.15. The van der Waals surface area contributed by atoms with Gasteiger partial charge in [0.05, 0.1) is 21.9 Å². The summed E-state index contributed by atoms with van der Waals surface area (Å²) < 4.78 is 0. The molecule has 0 spiro atoms. The van der Waals surface area contributed by atoms with E-state index in [1.807, 2.05) is 0 Å². The van der Waals surface area contributed by atoms with Crippen molar-refractivity contribution in [3.8, 4) is 5.75 Å². The first kappa shape index (κ1) is 14.0. The van der Waals surface area contributed by atoms with Gasteiger partial charge < -0.3 is 5.11 Å². The predicted octanol–water partition coefficient (Wildman–Crippen LogP) is 4.80. The third-order valence-corrected chi connectivity index (χ3v) is 3.10. The number of nitrogens with zero attached hydrogens (tertiary/aromatic N) is 1. The molecule has 2 N–H and O–H groups in total. The Morgan fingerprint density at radius 2 is 1.58 bits per heavy atom. The molecular weight excluding hydrogens is 307 g/mol. The van der Waals surface area contributed by atoms with Gasteiger partial charge in [0.1, 0.15) is 5.75 Å². The van der Waals surface area contributed by atoms with Gasteiger partial charge in [-0.05, 0) is 42.0 Å². The lowest BCUT2D eigenvalue weighted by molar-refractivity contribution is 0.475. The molecule has 2 aromatic rings. The summed E-state index contributed by atoms with van der Waals surface area (Å²) in [7, 11) is 0. The lowest BCUT2D eigenvalue weighted by Crippen LogP contribution is -1.92. The van der Waals surface area contributed by atoms with Crippen molar-refractivity contribution in [1.82, 2.24) is 0 Å². The van der Waals surface area contributed by atoms with Crippen LogP contribution in [-0.4, -0.2) is 11.3 Å². The van der Waals surface area contributed by atoms with Gasteiger partial charge >= 0.3 is 0 Å². The zero-order valence-electron chi connectivity index (χ0n) is 9.57. The van der Waals surface area contributed by atoms with E-state index in [9.17, 15) is 0 Å². The van der Waals surface area contributed by atoms with Crippen LogP contribution in [0.1, 0.15) is 5.56 Å². The van der Waals surface area contributed by atoms with Crippen LogP contribution in [0.4, 0.5) is 5.69 Å². The minimum absolute atomic E-state index is 0.203. The molecular formula is C13H9Cl3N2O. The second-order valence-electron chi connectivity index (χ2n) is 3.71.